The summed E-state index contributed by atoms with van der Waals surface area (Å²) in [7, 11) is 0. The van der Waals surface area contributed by atoms with Gasteiger partial charge in [-0.3, -0.25) is 5.41 Å². The molecule has 1 atom stereocenters. The Kier molecular flexibility index (Phi) is 5.46. The number of nitrogens with zero attached hydrogens (tertiary/aromatic N) is 2. The second kappa shape index (κ2) is 7.76. The van der Waals surface area contributed by atoms with Crippen LogP contribution in [0.15, 0.2) is 48.5 Å². The Balaban J connectivity index is 1.76. The van der Waals surface area contributed by atoms with E-state index in [-0.39, 0.29) is 6.61 Å². The molecule has 0 aliphatic heterocycles. The lowest BCUT2D eigenvalue weighted by Crippen LogP contribution is -2.31. The summed E-state index contributed by atoms with van der Waals surface area (Å²) in [6.07, 6.45) is 0.234. The third-order valence-corrected chi connectivity index (χ3v) is 4.32. The molecule has 0 bridgehead atoms. The molecule has 3 rings (SSSR count). The van der Waals surface area contributed by atoms with E-state index in [4.69, 9.17) is 21.7 Å². The summed E-state index contributed by atoms with van der Waals surface area (Å²) in [6.45, 7) is 3.34. The van der Waals surface area contributed by atoms with Gasteiger partial charge in [0.15, 0.2) is 0 Å². The fraction of sp³-hybridized carbons (Fsp3) is 0.316. The first-order chi connectivity index (χ1) is 12.1. The van der Waals surface area contributed by atoms with E-state index < -0.39 is 6.10 Å². The molecule has 6 heteroatoms. The summed E-state index contributed by atoms with van der Waals surface area (Å²) in [5.74, 6) is 0.660. The third-order valence-electron chi connectivity index (χ3n) is 4.07. The summed E-state index contributed by atoms with van der Waals surface area (Å²) in [5.41, 5.74) is 2.36. The predicted molar refractivity (Wildman–Crippen MR) is 99.0 cm³/mol. The molecule has 0 unspecified atom stereocenters. The molecular weight excluding hydrogens is 338 g/mol. The first-order valence-electron chi connectivity index (χ1n) is 8.39. The molecule has 25 heavy (non-hydrogen) atoms. The first kappa shape index (κ1) is 17.6. The molecule has 132 valence electrons. The van der Waals surface area contributed by atoms with E-state index in [1.807, 2.05) is 33.4 Å². The number of benzene rings is 2. The van der Waals surface area contributed by atoms with E-state index in [1.165, 1.54) is 0 Å². The van der Waals surface area contributed by atoms with Crippen LogP contribution in [-0.2, 0) is 13.1 Å². The molecule has 0 radical (unpaired) electrons. The minimum Gasteiger partial charge on any atom is -0.491 e. The lowest BCUT2D eigenvalue weighted by Gasteiger charge is -2.14. The quantitative estimate of drug-likeness (QED) is 0.679. The minimum absolute atomic E-state index is 0.154. The van der Waals surface area contributed by atoms with Crippen LogP contribution in [0.2, 0.25) is 5.02 Å². The van der Waals surface area contributed by atoms with Crippen molar-refractivity contribution in [2.75, 3.05) is 6.61 Å². The van der Waals surface area contributed by atoms with Crippen molar-refractivity contribution in [2.45, 2.75) is 32.5 Å². The number of aliphatic hydroxyl groups excluding tert-OH is 1. The van der Waals surface area contributed by atoms with Crippen molar-refractivity contribution < 1.29 is 9.84 Å². The van der Waals surface area contributed by atoms with Crippen LogP contribution in [0, 0.1) is 5.41 Å². The lowest BCUT2D eigenvalue weighted by atomic mass is 10.3. The highest BCUT2D eigenvalue weighted by Gasteiger charge is 2.14. The van der Waals surface area contributed by atoms with Gasteiger partial charge >= 0.3 is 0 Å². The van der Waals surface area contributed by atoms with E-state index in [0.717, 1.165) is 24.0 Å². The fourth-order valence-corrected chi connectivity index (χ4v) is 3.04. The molecule has 0 saturated carbocycles. The van der Waals surface area contributed by atoms with Crippen molar-refractivity contribution in [3.63, 3.8) is 0 Å². The van der Waals surface area contributed by atoms with Crippen molar-refractivity contribution in [3.8, 4) is 5.75 Å². The van der Waals surface area contributed by atoms with Crippen LogP contribution >= 0.6 is 11.6 Å². The van der Waals surface area contributed by atoms with Crippen molar-refractivity contribution in [2.24, 2.45) is 0 Å². The molecule has 1 aromatic heterocycles. The highest BCUT2D eigenvalue weighted by Crippen LogP contribution is 2.17. The molecule has 0 fully saturated rings. The summed E-state index contributed by atoms with van der Waals surface area (Å²) in [5, 5.41) is 19.5. The Morgan fingerprint density at radius 1 is 1.08 bits per heavy atom. The molecule has 0 aliphatic rings. The van der Waals surface area contributed by atoms with Crippen LogP contribution in [0.3, 0.4) is 0 Å². The van der Waals surface area contributed by atoms with Gasteiger partial charge in [-0.15, -0.1) is 0 Å². The van der Waals surface area contributed by atoms with Gasteiger partial charge < -0.3 is 19.0 Å². The second-order valence-electron chi connectivity index (χ2n) is 5.99. The maximum atomic E-state index is 10.4. The number of aromatic nitrogens is 2. The molecule has 2 N–H and O–H groups in total. The Hall–Kier alpha value is -2.24. The van der Waals surface area contributed by atoms with Gasteiger partial charge in [-0.25, -0.2) is 0 Å². The normalized spacial score (nSPS) is 12.4. The Morgan fingerprint density at radius 3 is 2.36 bits per heavy atom. The van der Waals surface area contributed by atoms with Gasteiger partial charge in [-0.05, 0) is 42.8 Å². The van der Waals surface area contributed by atoms with Gasteiger partial charge in [0.05, 0.1) is 17.6 Å². The number of rotatable bonds is 7. The van der Waals surface area contributed by atoms with Crippen LogP contribution < -0.4 is 10.4 Å². The summed E-state index contributed by atoms with van der Waals surface area (Å²) in [6, 6.07) is 14.9. The van der Waals surface area contributed by atoms with Gasteiger partial charge in [0.2, 0.25) is 5.62 Å². The first-order valence-corrected chi connectivity index (χ1v) is 8.77. The number of nitrogens with one attached hydrogen (secondary N) is 1. The number of aliphatic hydroxyl groups is 1. The van der Waals surface area contributed by atoms with E-state index in [1.54, 1.807) is 24.3 Å². The average Bonchev–Trinajstić information content (AvgIpc) is 2.88. The van der Waals surface area contributed by atoms with E-state index in [2.05, 4.69) is 6.92 Å². The number of halogens is 1. The zero-order chi connectivity index (χ0) is 17.8. The Morgan fingerprint density at radius 2 is 1.72 bits per heavy atom. The number of ether oxygens (including phenoxy) is 1. The topological polar surface area (TPSA) is 63.2 Å². The molecule has 0 saturated heterocycles. The van der Waals surface area contributed by atoms with Crippen LogP contribution in [-0.4, -0.2) is 27.0 Å². The van der Waals surface area contributed by atoms with Gasteiger partial charge in [0.25, 0.3) is 0 Å². The number of hydrogen-bond acceptors (Lipinski definition) is 3. The molecule has 3 aromatic rings. The Bertz CT molecular complexity index is 899. The highest BCUT2D eigenvalue weighted by atomic mass is 35.5. The van der Waals surface area contributed by atoms with Crippen LogP contribution in [0.25, 0.3) is 11.0 Å². The smallest absolute Gasteiger partial charge is 0.203 e. The average molecular weight is 360 g/mol. The van der Waals surface area contributed by atoms with Gasteiger partial charge in [0.1, 0.15) is 18.5 Å². The third kappa shape index (κ3) is 3.89. The summed E-state index contributed by atoms with van der Waals surface area (Å²) in [4.78, 5) is 0. The second-order valence-corrected chi connectivity index (χ2v) is 6.43. The van der Waals surface area contributed by atoms with Gasteiger partial charge in [-0.2, -0.15) is 0 Å². The number of fused-ring (bicyclic) bond motifs is 1. The molecule has 0 spiro atoms. The highest BCUT2D eigenvalue weighted by molar-refractivity contribution is 6.30. The monoisotopic (exact) mass is 359 g/mol. The largest absolute Gasteiger partial charge is 0.491 e. The molecular formula is C19H22ClN3O2. The summed E-state index contributed by atoms with van der Waals surface area (Å²) < 4.78 is 9.42. The minimum atomic E-state index is -0.717. The van der Waals surface area contributed by atoms with E-state index >= 15 is 0 Å². The van der Waals surface area contributed by atoms with Crippen LogP contribution in [0.4, 0.5) is 0 Å². The number of imidazole rings is 1. The molecule has 5 nitrogen and oxygen atoms in total. The SMILES string of the molecule is CCCn1c(=N)n(C[C@H](O)COc2ccc(Cl)cc2)c2ccccc21. The molecule has 2 aromatic carbocycles. The van der Waals surface area contributed by atoms with E-state index in [0.29, 0.717) is 22.9 Å². The van der Waals surface area contributed by atoms with Crippen molar-refractivity contribution >= 4 is 22.6 Å². The van der Waals surface area contributed by atoms with Crippen LogP contribution in [0.5, 0.6) is 5.75 Å². The number of aryl methyl sites for hydroxylation is 1. The van der Waals surface area contributed by atoms with Crippen LogP contribution in [0.1, 0.15) is 13.3 Å². The van der Waals surface area contributed by atoms with Crippen molar-refractivity contribution in [3.05, 3.63) is 59.2 Å². The van der Waals surface area contributed by atoms with Crippen molar-refractivity contribution in [1.82, 2.24) is 9.13 Å². The zero-order valence-corrected chi connectivity index (χ0v) is 14.9. The van der Waals surface area contributed by atoms with E-state index in [9.17, 15) is 5.11 Å². The maximum Gasteiger partial charge on any atom is 0.203 e. The van der Waals surface area contributed by atoms with Gasteiger partial charge in [0, 0.05) is 11.6 Å². The number of hydrogen-bond donors (Lipinski definition) is 2. The number of para-hydroxylation sites is 2. The van der Waals surface area contributed by atoms with Crippen molar-refractivity contribution in [1.29, 1.82) is 5.41 Å². The standard InChI is InChI=1S/C19H22ClN3O2/c1-2-11-22-17-5-3-4-6-18(17)23(19(22)21)12-15(24)13-25-16-9-7-14(20)8-10-16/h3-10,15,21,24H,2,11-13H2,1H3/t15-/m0/s1. The molecule has 1 heterocycles. The molecule has 0 amide bonds. The predicted octanol–water partition coefficient (Wildman–Crippen LogP) is 3.43. The molecule has 0 aliphatic carbocycles. The summed E-state index contributed by atoms with van der Waals surface area (Å²) >= 11 is 5.85. The maximum absolute atomic E-state index is 10.4. The fourth-order valence-electron chi connectivity index (χ4n) is 2.92. The zero-order valence-electron chi connectivity index (χ0n) is 14.2. The Labute approximate surface area is 151 Å². The van der Waals surface area contributed by atoms with Gasteiger partial charge in [-0.1, -0.05) is 30.7 Å². The lowest BCUT2D eigenvalue weighted by molar-refractivity contribution is 0.0921.